The fourth-order valence-corrected chi connectivity index (χ4v) is 3.45. The average Bonchev–Trinajstić information content (AvgIpc) is 2.78. The van der Waals surface area contributed by atoms with Crippen LogP contribution in [0.1, 0.15) is 24.1 Å². The number of nitriles is 1. The topological polar surface area (TPSA) is 110 Å². The van der Waals surface area contributed by atoms with Crippen molar-refractivity contribution in [1.29, 1.82) is 5.26 Å². The highest BCUT2D eigenvalue weighted by Gasteiger charge is 2.17. The summed E-state index contributed by atoms with van der Waals surface area (Å²) in [5, 5.41) is 14.0. The summed E-state index contributed by atoms with van der Waals surface area (Å²) in [6.07, 6.45) is 1.39. The molecule has 0 radical (unpaired) electrons. The molecule has 0 saturated carbocycles. The molecule has 0 fully saturated rings. The number of aromatic nitrogens is 3. The van der Waals surface area contributed by atoms with E-state index in [9.17, 15) is 10.1 Å². The normalized spacial score (nSPS) is 11.7. The first-order valence-electron chi connectivity index (χ1n) is 9.55. The number of pyridine rings is 1. The van der Waals surface area contributed by atoms with Crippen LogP contribution in [-0.4, -0.2) is 21.1 Å². The van der Waals surface area contributed by atoms with E-state index in [0.29, 0.717) is 23.3 Å². The van der Waals surface area contributed by atoms with Crippen molar-refractivity contribution in [3.05, 3.63) is 88.5 Å². The van der Waals surface area contributed by atoms with E-state index in [1.54, 1.807) is 4.57 Å². The van der Waals surface area contributed by atoms with Crippen molar-refractivity contribution in [3.8, 4) is 11.8 Å². The van der Waals surface area contributed by atoms with Crippen LogP contribution in [0.4, 0.5) is 11.8 Å². The third-order valence-corrected chi connectivity index (χ3v) is 4.98. The molecule has 4 rings (SSSR count). The fourth-order valence-electron chi connectivity index (χ4n) is 3.45. The predicted octanol–water partition coefficient (Wildman–Crippen LogP) is 3.45. The Morgan fingerprint density at radius 1 is 1.17 bits per heavy atom. The molecule has 0 saturated heterocycles. The molecule has 4 aromatic rings. The quantitative estimate of drug-likeness (QED) is 0.535. The van der Waals surface area contributed by atoms with Crippen LogP contribution in [0, 0.1) is 11.3 Å². The van der Waals surface area contributed by atoms with Crippen molar-refractivity contribution >= 4 is 22.5 Å². The summed E-state index contributed by atoms with van der Waals surface area (Å²) in [5.41, 5.74) is 7.58. The zero-order valence-electron chi connectivity index (χ0n) is 16.4. The molecule has 3 N–H and O–H groups in total. The number of rotatable bonds is 5. The van der Waals surface area contributed by atoms with Gasteiger partial charge in [-0.25, -0.2) is 4.98 Å². The third-order valence-electron chi connectivity index (χ3n) is 4.98. The molecule has 30 heavy (non-hydrogen) atoms. The highest BCUT2D eigenvalue weighted by Crippen LogP contribution is 2.23. The van der Waals surface area contributed by atoms with E-state index in [2.05, 4.69) is 21.4 Å². The zero-order chi connectivity index (χ0) is 21.1. The van der Waals surface area contributed by atoms with Gasteiger partial charge in [-0.3, -0.25) is 9.36 Å². The van der Waals surface area contributed by atoms with Gasteiger partial charge in [-0.1, -0.05) is 43.3 Å². The number of nitrogens with two attached hydrogens (primary N) is 1. The van der Waals surface area contributed by atoms with Gasteiger partial charge in [0.05, 0.1) is 6.20 Å². The number of hydrogen-bond donors (Lipinski definition) is 2. The molecular weight excluding hydrogens is 376 g/mol. The predicted molar refractivity (Wildman–Crippen MR) is 118 cm³/mol. The van der Waals surface area contributed by atoms with Gasteiger partial charge in [0, 0.05) is 29.2 Å². The Morgan fingerprint density at radius 2 is 1.90 bits per heavy atom. The Labute approximate surface area is 173 Å². The molecule has 0 spiro atoms. The molecule has 0 aliphatic rings. The molecule has 1 unspecified atom stereocenters. The first-order chi connectivity index (χ1) is 14.6. The summed E-state index contributed by atoms with van der Waals surface area (Å²) in [6, 6.07) is 21.2. The van der Waals surface area contributed by atoms with Gasteiger partial charge < -0.3 is 11.1 Å². The number of benzene rings is 2. The molecule has 0 aliphatic carbocycles. The van der Waals surface area contributed by atoms with Crippen LogP contribution in [0.3, 0.4) is 0 Å². The Balaban J connectivity index is 1.77. The number of para-hydroxylation sites is 1. The Hall–Kier alpha value is -4.18. The molecule has 0 aliphatic heterocycles. The van der Waals surface area contributed by atoms with Crippen molar-refractivity contribution in [3.63, 3.8) is 0 Å². The Morgan fingerprint density at radius 3 is 2.67 bits per heavy atom. The largest absolute Gasteiger partial charge is 0.368 e. The van der Waals surface area contributed by atoms with Gasteiger partial charge >= 0.3 is 0 Å². The summed E-state index contributed by atoms with van der Waals surface area (Å²) >= 11 is 0. The van der Waals surface area contributed by atoms with Gasteiger partial charge in [0.1, 0.15) is 17.5 Å². The highest BCUT2D eigenvalue weighted by atomic mass is 16.1. The van der Waals surface area contributed by atoms with Crippen molar-refractivity contribution < 1.29 is 0 Å². The van der Waals surface area contributed by atoms with Crippen LogP contribution in [0.15, 0.2) is 71.7 Å². The van der Waals surface area contributed by atoms with E-state index in [1.165, 1.54) is 6.20 Å². The van der Waals surface area contributed by atoms with Gasteiger partial charge in [0.15, 0.2) is 0 Å². The minimum atomic E-state index is -0.0647. The standard InChI is InChI=1S/C23H20N6O/c1-15(13-26-21-17(12-24)14-27-23(25)28-21)20-11-16-7-5-6-10-19(16)22(30)29(20)18-8-3-2-4-9-18/h2-11,14-15H,13H2,1H3,(H3,25,26,27,28). The van der Waals surface area contributed by atoms with Crippen molar-refractivity contribution in [1.82, 2.24) is 14.5 Å². The van der Waals surface area contributed by atoms with Crippen LogP contribution >= 0.6 is 0 Å². The lowest BCUT2D eigenvalue weighted by molar-refractivity contribution is 0.727. The molecular formula is C23H20N6O. The molecule has 148 valence electrons. The van der Waals surface area contributed by atoms with Gasteiger partial charge in [-0.15, -0.1) is 0 Å². The highest BCUT2D eigenvalue weighted by molar-refractivity contribution is 5.82. The second-order valence-electron chi connectivity index (χ2n) is 7.02. The maximum absolute atomic E-state index is 13.3. The lowest BCUT2D eigenvalue weighted by atomic mass is 10.0. The lowest BCUT2D eigenvalue weighted by Crippen LogP contribution is -2.25. The van der Waals surface area contributed by atoms with E-state index >= 15 is 0 Å². The van der Waals surface area contributed by atoms with E-state index in [-0.39, 0.29) is 17.4 Å². The van der Waals surface area contributed by atoms with E-state index in [4.69, 9.17) is 5.73 Å². The summed E-state index contributed by atoms with van der Waals surface area (Å²) < 4.78 is 1.74. The maximum Gasteiger partial charge on any atom is 0.263 e. The number of anilines is 2. The number of nitrogen functional groups attached to an aromatic ring is 1. The maximum atomic E-state index is 13.3. The molecule has 0 bridgehead atoms. The molecule has 7 heteroatoms. The molecule has 7 nitrogen and oxygen atoms in total. The van der Waals surface area contributed by atoms with E-state index in [0.717, 1.165) is 16.8 Å². The van der Waals surface area contributed by atoms with Crippen molar-refractivity contribution in [2.45, 2.75) is 12.8 Å². The smallest absolute Gasteiger partial charge is 0.263 e. The molecule has 0 amide bonds. The number of hydrogen-bond acceptors (Lipinski definition) is 6. The number of nitrogens with zero attached hydrogens (tertiary/aromatic N) is 4. The van der Waals surface area contributed by atoms with Crippen molar-refractivity contribution in [2.75, 3.05) is 17.6 Å². The van der Waals surface area contributed by atoms with Gasteiger partial charge in [-0.05, 0) is 29.7 Å². The molecule has 2 aromatic heterocycles. The molecule has 2 heterocycles. The minimum Gasteiger partial charge on any atom is -0.368 e. The first kappa shape index (κ1) is 19.2. The van der Waals surface area contributed by atoms with Crippen molar-refractivity contribution in [2.24, 2.45) is 0 Å². The lowest BCUT2D eigenvalue weighted by Gasteiger charge is -2.20. The van der Waals surface area contributed by atoms with E-state index < -0.39 is 0 Å². The van der Waals surface area contributed by atoms with Crippen LogP contribution in [-0.2, 0) is 0 Å². The number of fused-ring (bicyclic) bond motifs is 1. The number of nitrogens with one attached hydrogen (secondary N) is 1. The Bertz CT molecular complexity index is 1310. The first-order valence-corrected chi connectivity index (χ1v) is 9.55. The monoisotopic (exact) mass is 396 g/mol. The van der Waals surface area contributed by atoms with Crippen LogP contribution in [0.2, 0.25) is 0 Å². The summed E-state index contributed by atoms with van der Waals surface area (Å²) in [5.74, 6) is 0.410. The summed E-state index contributed by atoms with van der Waals surface area (Å²) in [6.45, 7) is 2.47. The van der Waals surface area contributed by atoms with Gasteiger partial charge in [-0.2, -0.15) is 10.2 Å². The van der Waals surface area contributed by atoms with Gasteiger partial charge in [0.25, 0.3) is 5.56 Å². The molecule has 2 aromatic carbocycles. The third kappa shape index (κ3) is 3.59. The Kier molecular flexibility index (Phi) is 5.14. The SMILES string of the molecule is CC(CNc1nc(N)ncc1C#N)c1cc2ccccc2c(=O)n1-c1ccccc1. The van der Waals surface area contributed by atoms with Crippen LogP contribution in [0.25, 0.3) is 16.5 Å². The van der Waals surface area contributed by atoms with E-state index in [1.807, 2.05) is 67.6 Å². The minimum absolute atomic E-state index is 0.0646. The van der Waals surface area contributed by atoms with Gasteiger partial charge in [0.2, 0.25) is 5.95 Å². The van der Waals surface area contributed by atoms with Crippen LogP contribution < -0.4 is 16.6 Å². The zero-order valence-corrected chi connectivity index (χ0v) is 16.4. The van der Waals surface area contributed by atoms with Crippen LogP contribution in [0.5, 0.6) is 0 Å². The second-order valence-corrected chi connectivity index (χ2v) is 7.02. The fraction of sp³-hybridized carbons (Fsp3) is 0.130. The molecule has 1 atom stereocenters. The average molecular weight is 396 g/mol. The summed E-state index contributed by atoms with van der Waals surface area (Å²) in [7, 11) is 0. The second kappa shape index (κ2) is 8.05. The summed E-state index contributed by atoms with van der Waals surface area (Å²) in [4.78, 5) is 21.3.